The van der Waals surface area contributed by atoms with Gasteiger partial charge in [0.25, 0.3) is 6.48 Å². The Balaban J connectivity index is 2.35. The standard InChI is InChI=1S/C9H10F2O3Si/c10-7-2-1-6(5-8(7)11)3-4-15-14-9(12)13/h1-2,5,9,12-13H,3-4H2. The first kappa shape index (κ1) is 12.2. The molecule has 0 saturated heterocycles. The summed E-state index contributed by atoms with van der Waals surface area (Å²) in [4.78, 5) is 0. The van der Waals surface area contributed by atoms with Crippen LogP contribution >= 0.6 is 0 Å². The van der Waals surface area contributed by atoms with Crippen molar-refractivity contribution < 1.29 is 23.4 Å². The second kappa shape index (κ2) is 5.91. The van der Waals surface area contributed by atoms with Crippen LogP contribution in [0.15, 0.2) is 18.2 Å². The van der Waals surface area contributed by atoms with E-state index in [1.54, 1.807) is 0 Å². The summed E-state index contributed by atoms with van der Waals surface area (Å²) in [5.74, 6) is -1.75. The molecule has 0 fully saturated rings. The van der Waals surface area contributed by atoms with Crippen molar-refractivity contribution in [2.45, 2.75) is 18.9 Å². The van der Waals surface area contributed by atoms with E-state index in [2.05, 4.69) is 4.43 Å². The van der Waals surface area contributed by atoms with Gasteiger partial charge >= 0.3 is 0 Å². The monoisotopic (exact) mass is 232 g/mol. The number of halogens is 2. The van der Waals surface area contributed by atoms with Crippen molar-refractivity contribution in [1.29, 1.82) is 0 Å². The highest BCUT2D eigenvalue weighted by Crippen LogP contribution is 2.10. The molecule has 0 saturated carbocycles. The summed E-state index contributed by atoms with van der Waals surface area (Å²) < 4.78 is 29.8. The molecule has 0 atom stereocenters. The van der Waals surface area contributed by atoms with Gasteiger partial charge in [0.2, 0.25) is 9.76 Å². The minimum absolute atomic E-state index is 0.0841. The zero-order chi connectivity index (χ0) is 11.3. The molecule has 0 amide bonds. The van der Waals surface area contributed by atoms with E-state index >= 15 is 0 Å². The van der Waals surface area contributed by atoms with Crippen LogP contribution in [0.1, 0.15) is 5.56 Å². The van der Waals surface area contributed by atoms with Gasteiger partial charge in [-0.15, -0.1) is 0 Å². The molecule has 1 aromatic carbocycles. The lowest BCUT2D eigenvalue weighted by atomic mass is 10.2. The second-order valence-corrected chi connectivity index (χ2v) is 3.86. The number of aliphatic hydroxyl groups is 2. The number of hydrogen-bond acceptors (Lipinski definition) is 3. The molecule has 0 aromatic heterocycles. The molecule has 15 heavy (non-hydrogen) atoms. The van der Waals surface area contributed by atoms with Crippen LogP contribution in [0.4, 0.5) is 8.78 Å². The molecule has 2 radical (unpaired) electrons. The first-order valence-electron chi connectivity index (χ1n) is 4.28. The van der Waals surface area contributed by atoms with Gasteiger partial charge in [-0.3, -0.25) is 0 Å². The third-order valence-electron chi connectivity index (χ3n) is 1.69. The van der Waals surface area contributed by atoms with Crippen LogP contribution in [0.5, 0.6) is 0 Å². The summed E-state index contributed by atoms with van der Waals surface area (Å²) in [5.41, 5.74) is 0.650. The Morgan fingerprint density at radius 1 is 1.27 bits per heavy atom. The van der Waals surface area contributed by atoms with Crippen LogP contribution in [0, 0.1) is 11.6 Å². The van der Waals surface area contributed by atoms with Gasteiger partial charge in [0, 0.05) is 0 Å². The van der Waals surface area contributed by atoms with Crippen LogP contribution in [0.3, 0.4) is 0 Å². The van der Waals surface area contributed by atoms with E-state index in [1.807, 2.05) is 0 Å². The molecule has 0 aliphatic rings. The fourth-order valence-corrected chi connectivity index (χ4v) is 1.68. The molecule has 0 aliphatic heterocycles. The van der Waals surface area contributed by atoms with Crippen LogP contribution in [0.2, 0.25) is 6.04 Å². The van der Waals surface area contributed by atoms with E-state index in [0.29, 0.717) is 18.0 Å². The number of rotatable bonds is 5. The van der Waals surface area contributed by atoms with Crippen molar-refractivity contribution in [1.82, 2.24) is 0 Å². The minimum Gasteiger partial charge on any atom is -0.372 e. The van der Waals surface area contributed by atoms with Crippen molar-refractivity contribution in [3.8, 4) is 0 Å². The van der Waals surface area contributed by atoms with Crippen LogP contribution in [-0.4, -0.2) is 26.5 Å². The van der Waals surface area contributed by atoms with Crippen molar-refractivity contribution in [2.75, 3.05) is 0 Å². The predicted octanol–water partition coefficient (Wildman–Crippen LogP) is 0.830. The average molecular weight is 232 g/mol. The molecule has 0 heterocycles. The van der Waals surface area contributed by atoms with Gasteiger partial charge in [-0.05, 0) is 30.2 Å². The van der Waals surface area contributed by atoms with Gasteiger partial charge in [-0.1, -0.05) is 6.07 Å². The molecule has 1 aromatic rings. The molecule has 3 nitrogen and oxygen atoms in total. The molecular formula is C9H10F2O3Si. The van der Waals surface area contributed by atoms with Crippen molar-refractivity contribution in [3.05, 3.63) is 35.4 Å². The summed E-state index contributed by atoms with van der Waals surface area (Å²) in [5, 5.41) is 16.7. The summed E-state index contributed by atoms with van der Waals surface area (Å²) in [6.07, 6.45) is 0.502. The highest BCUT2D eigenvalue weighted by Gasteiger charge is 2.03. The Morgan fingerprint density at radius 3 is 2.60 bits per heavy atom. The lowest BCUT2D eigenvalue weighted by molar-refractivity contribution is -0.180. The van der Waals surface area contributed by atoms with Crippen LogP contribution in [0.25, 0.3) is 0 Å². The third-order valence-corrected chi connectivity index (χ3v) is 2.52. The van der Waals surface area contributed by atoms with Gasteiger partial charge < -0.3 is 14.6 Å². The van der Waals surface area contributed by atoms with Gasteiger partial charge in [0.15, 0.2) is 11.6 Å². The zero-order valence-corrected chi connectivity index (χ0v) is 8.78. The van der Waals surface area contributed by atoms with E-state index in [-0.39, 0.29) is 9.76 Å². The van der Waals surface area contributed by atoms with E-state index < -0.39 is 18.1 Å². The number of benzene rings is 1. The van der Waals surface area contributed by atoms with Crippen LogP contribution in [-0.2, 0) is 10.8 Å². The number of aryl methyl sites for hydroxylation is 1. The predicted molar refractivity (Wildman–Crippen MR) is 49.9 cm³/mol. The van der Waals surface area contributed by atoms with Crippen molar-refractivity contribution >= 4 is 9.76 Å². The maximum absolute atomic E-state index is 12.7. The number of hydrogen-bond donors (Lipinski definition) is 2. The lowest BCUT2D eigenvalue weighted by Gasteiger charge is -2.04. The van der Waals surface area contributed by atoms with E-state index in [1.165, 1.54) is 6.07 Å². The third kappa shape index (κ3) is 4.48. The molecule has 0 bridgehead atoms. The summed E-state index contributed by atoms with van der Waals surface area (Å²) in [6, 6.07) is 4.20. The maximum atomic E-state index is 12.7. The summed E-state index contributed by atoms with van der Waals surface area (Å²) in [6.45, 7) is -1.77. The minimum atomic E-state index is -1.77. The molecule has 0 spiro atoms. The normalized spacial score (nSPS) is 11.0. The largest absolute Gasteiger partial charge is 0.372 e. The first-order chi connectivity index (χ1) is 7.09. The molecule has 0 unspecified atom stereocenters. The zero-order valence-electron chi connectivity index (χ0n) is 7.78. The van der Waals surface area contributed by atoms with E-state index in [9.17, 15) is 8.78 Å². The molecule has 0 aliphatic carbocycles. The summed E-state index contributed by atoms with van der Waals surface area (Å²) in [7, 11) is -0.0841. The molecular weight excluding hydrogens is 222 g/mol. The van der Waals surface area contributed by atoms with Gasteiger partial charge in [0.05, 0.1) is 0 Å². The lowest BCUT2D eigenvalue weighted by Crippen LogP contribution is -2.13. The Hall–Kier alpha value is -0.823. The topological polar surface area (TPSA) is 49.7 Å². The number of aliphatic hydroxyl groups excluding tert-OH is 1. The summed E-state index contributed by atoms with van der Waals surface area (Å²) >= 11 is 0. The molecule has 82 valence electrons. The van der Waals surface area contributed by atoms with Crippen LogP contribution < -0.4 is 0 Å². The van der Waals surface area contributed by atoms with Crippen molar-refractivity contribution in [2.24, 2.45) is 0 Å². The quantitative estimate of drug-likeness (QED) is 0.449. The Bertz CT molecular complexity index is 320. The molecule has 2 N–H and O–H groups in total. The SMILES string of the molecule is OC(O)O[Si]CCc1ccc(F)c(F)c1. The van der Waals surface area contributed by atoms with Gasteiger partial charge in [0.1, 0.15) is 0 Å². The van der Waals surface area contributed by atoms with Crippen molar-refractivity contribution in [3.63, 3.8) is 0 Å². The molecule has 1 rings (SSSR count). The van der Waals surface area contributed by atoms with E-state index in [0.717, 1.165) is 12.1 Å². The smallest absolute Gasteiger partial charge is 0.256 e. The Labute approximate surface area is 88.3 Å². The molecule has 6 heteroatoms. The first-order valence-corrected chi connectivity index (χ1v) is 5.39. The fourth-order valence-electron chi connectivity index (χ4n) is 1.02. The van der Waals surface area contributed by atoms with Gasteiger partial charge in [-0.25, -0.2) is 8.78 Å². The highest BCUT2D eigenvalue weighted by molar-refractivity contribution is 6.27. The average Bonchev–Trinajstić information content (AvgIpc) is 2.18. The second-order valence-electron chi connectivity index (χ2n) is 2.84. The Kier molecular flexibility index (Phi) is 4.83. The fraction of sp³-hybridized carbons (Fsp3) is 0.333. The van der Waals surface area contributed by atoms with Gasteiger partial charge in [-0.2, -0.15) is 0 Å². The van der Waals surface area contributed by atoms with E-state index in [4.69, 9.17) is 10.2 Å². The Morgan fingerprint density at radius 2 is 2.00 bits per heavy atom. The maximum Gasteiger partial charge on any atom is 0.256 e. The highest BCUT2D eigenvalue weighted by atomic mass is 28.2.